The van der Waals surface area contributed by atoms with E-state index in [9.17, 15) is 14.4 Å². The number of cyclic esters (lactones) is 1. The number of hydrazine groups is 1. The van der Waals surface area contributed by atoms with Crippen LogP contribution in [0.1, 0.15) is 27.9 Å². The lowest BCUT2D eigenvalue weighted by atomic mass is 10.0. The molecule has 9 heteroatoms. The molecule has 0 atom stereocenters. The summed E-state index contributed by atoms with van der Waals surface area (Å²) in [6.07, 6.45) is 0.161. The van der Waals surface area contributed by atoms with Gasteiger partial charge >= 0.3 is 12.1 Å². The smallest absolute Gasteiger partial charge is 0.424 e. The third-order valence-electron chi connectivity index (χ3n) is 5.31. The van der Waals surface area contributed by atoms with Gasteiger partial charge in [-0.1, -0.05) is 30.3 Å². The summed E-state index contributed by atoms with van der Waals surface area (Å²) in [5, 5.41) is 3.28. The van der Waals surface area contributed by atoms with Crippen LogP contribution in [0.5, 0.6) is 5.75 Å². The van der Waals surface area contributed by atoms with E-state index in [4.69, 9.17) is 18.9 Å². The monoisotopic (exact) mass is 470 g/mol. The van der Waals surface area contributed by atoms with E-state index < -0.39 is 12.1 Å². The molecule has 0 aromatic heterocycles. The number of nitrogens with zero attached hydrogens (tertiary/aromatic N) is 2. The van der Waals surface area contributed by atoms with Gasteiger partial charge in [0, 0.05) is 26.5 Å². The molecule has 1 aliphatic heterocycles. The first kappa shape index (κ1) is 25.2. The first-order valence-electron chi connectivity index (χ1n) is 11.1. The van der Waals surface area contributed by atoms with Crippen LogP contribution in [0.4, 0.5) is 4.79 Å². The minimum Gasteiger partial charge on any atom is -0.492 e. The molecule has 182 valence electrons. The number of rotatable bonds is 12. The van der Waals surface area contributed by atoms with Crippen LogP contribution in [0, 0.1) is 0 Å². The fourth-order valence-corrected chi connectivity index (χ4v) is 3.66. The van der Waals surface area contributed by atoms with Gasteiger partial charge in [0.1, 0.15) is 24.7 Å². The van der Waals surface area contributed by atoms with Crippen molar-refractivity contribution in [2.45, 2.75) is 19.4 Å². The SMILES string of the molecule is COCc1cccc(CC(=O)CCN2CCOC(=O)N2CCOc2cccc(C(=O)OC)c2)c1. The predicted octanol–water partition coefficient (Wildman–Crippen LogP) is 2.87. The van der Waals surface area contributed by atoms with E-state index in [-0.39, 0.29) is 25.5 Å². The molecule has 0 saturated carbocycles. The van der Waals surface area contributed by atoms with Crippen molar-refractivity contribution in [3.63, 3.8) is 0 Å². The molecule has 0 bridgehead atoms. The van der Waals surface area contributed by atoms with Gasteiger partial charge in [-0.3, -0.25) is 4.79 Å². The maximum atomic E-state index is 12.6. The lowest BCUT2D eigenvalue weighted by Gasteiger charge is -2.37. The molecule has 0 spiro atoms. The van der Waals surface area contributed by atoms with Crippen molar-refractivity contribution in [2.75, 3.05) is 47.1 Å². The molecule has 1 heterocycles. The van der Waals surface area contributed by atoms with Crippen molar-refractivity contribution < 1.29 is 33.3 Å². The van der Waals surface area contributed by atoms with E-state index in [1.165, 1.54) is 12.1 Å². The Morgan fingerprint density at radius 3 is 2.62 bits per heavy atom. The molecule has 1 aliphatic rings. The molecule has 0 unspecified atom stereocenters. The second-order valence-corrected chi connectivity index (χ2v) is 7.78. The maximum Gasteiger partial charge on any atom is 0.424 e. The molecule has 0 radical (unpaired) electrons. The van der Waals surface area contributed by atoms with Crippen LogP contribution in [0.3, 0.4) is 0 Å². The van der Waals surface area contributed by atoms with Gasteiger partial charge in [-0.2, -0.15) is 0 Å². The average Bonchev–Trinajstić information content (AvgIpc) is 2.84. The number of benzene rings is 2. The number of hydrogen-bond acceptors (Lipinski definition) is 8. The predicted molar refractivity (Wildman–Crippen MR) is 123 cm³/mol. The molecule has 2 aromatic carbocycles. The van der Waals surface area contributed by atoms with Crippen LogP contribution in [0.2, 0.25) is 0 Å². The fraction of sp³-hybridized carbons (Fsp3) is 0.400. The number of hydrogen-bond donors (Lipinski definition) is 0. The van der Waals surface area contributed by atoms with E-state index in [0.29, 0.717) is 43.9 Å². The Bertz CT molecular complexity index is 995. The number of ketones is 1. The molecule has 3 rings (SSSR count). The number of Topliss-reactive ketones (excluding diaryl/α,β-unsaturated/α-hetero) is 1. The van der Waals surface area contributed by atoms with E-state index in [1.54, 1.807) is 31.4 Å². The second kappa shape index (κ2) is 12.7. The van der Waals surface area contributed by atoms with Crippen LogP contribution in [-0.2, 0) is 32.0 Å². The average molecular weight is 471 g/mol. The van der Waals surface area contributed by atoms with Crippen LogP contribution in [-0.4, -0.2) is 74.9 Å². The standard InChI is InChI=1S/C25H30N2O7/c1-31-18-20-6-3-5-19(15-20)16-22(28)9-10-26-11-13-34-25(30)27(26)12-14-33-23-8-4-7-21(17-23)24(29)32-2/h3-8,15,17H,9-14,16,18H2,1-2H3. The molecule has 0 N–H and O–H groups in total. The number of ether oxygens (including phenoxy) is 4. The summed E-state index contributed by atoms with van der Waals surface area (Å²) in [4.78, 5) is 36.6. The number of esters is 1. The summed E-state index contributed by atoms with van der Waals surface area (Å²) in [6.45, 7) is 2.11. The maximum absolute atomic E-state index is 12.6. The number of methoxy groups -OCH3 is 2. The molecule has 1 saturated heterocycles. The van der Waals surface area contributed by atoms with E-state index in [1.807, 2.05) is 29.3 Å². The van der Waals surface area contributed by atoms with Crippen molar-refractivity contribution in [1.29, 1.82) is 0 Å². The zero-order chi connectivity index (χ0) is 24.3. The molecule has 1 amide bonds. The van der Waals surface area contributed by atoms with Crippen molar-refractivity contribution in [3.05, 3.63) is 65.2 Å². The zero-order valence-corrected chi connectivity index (χ0v) is 19.5. The molecule has 0 aliphatic carbocycles. The van der Waals surface area contributed by atoms with E-state index >= 15 is 0 Å². The molecule has 1 fully saturated rings. The summed E-state index contributed by atoms with van der Waals surface area (Å²) < 4.78 is 20.7. The first-order valence-corrected chi connectivity index (χ1v) is 11.1. The van der Waals surface area contributed by atoms with Crippen LogP contribution >= 0.6 is 0 Å². The summed E-state index contributed by atoms with van der Waals surface area (Å²) in [5.41, 5.74) is 2.34. The number of carbonyl (C=O) groups is 3. The summed E-state index contributed by atoms with van der Waals surface area (Å²) in [5.74, 6) is 0.126. The first-order chi connectivity index (χ1) is 16.5. The summed E-state index contributed by atoms with van der Waals surface area (Å²) >= 11 is 0. The number of carbonyl (C=O) groups excluding carboxylic acids is 3. The van der Waals surface area contributed by atoms with Crippen molar-refractivity contribution in [1.82, 2.24) is 10.0 Å². The second-order valence-electron chi connectivity index (χ2n) is 7.78. The zero-order valence-electron chi connectivity index (χ0n) is 19.5. The Balaban J connectivity index is 1.50. The molecule has 9 nitrogen and oxygen atoms in total. The largest absolute Gasteiger partial charge is 0.492 e. The van der Waals surface area contributed by atoms with Gasteiger partial charge in [0.25, 0.3) is 0 Å². The Morgan fingerprint density at radius 1 is 1.03 bits per heavy atom. The third kappa shape index (κ3) is 7.29. The van der Waals surface area contributed by atoms with Crippen LogP contribution in [0.15, 0.2) is 48.5 Å². The molecule has 34 heavy (non-hydrogen) atoms. The molecular weight excluding hydrogens is 440 g/mol. The van der Waals surface area contributed by atoms with E-state index in [0.717, 1.165) is 11.1 Å². The van der Waals surface area contributed by atoms with Gasteiger partial charge < -0.3 is 18.9 Å². The van der Waals surface area contributed by atoms with Crippen LogP contribution in [0.25, 0.3) is 0 Å². The van der Waals surface area contributed by atoms with Gasteiger partial charge in [-0.15, -0.1) is 0 Å². The topological polar surface area (TPSA) is 94.6 Å². The Kier molecular flexibility index (Phi) is 9.42. The Hall–Kier alpha value is -3.43. The van der Waals surface area contributed by atoms with Gasteiger partial charge in [0.15, 0.2) is 0 Å². The minimum absolute atomic E-state index is 0.0873. The fourth-order valence-electron chi connectivity index (χ4n) is 3.66. The lowest BCUT2D eigenvalue weighted by Crippen LogP contribution is -2.54. The lowest BCUT2D eigenvalue weighted by molar-refractivity contribution is -0.121. The highest BCUT2D eigenvalue weighted by Gasteiger charge is 2.27. The van der Waals surface area contributed by atoms with Gasteiger partial charge in [-0.05, 0) is 29.3 Å². The molecule has 2 aromatic rings. The highest BCUT2D eigenvalue weighted by molar-refractivity contribution is 5.89. The Labute approximate surface area is 199 Å². The van der Waals surface area contributed by atoms with Crippen molar-refractivity contribution in [2.24, 2.45) is 0 Å². The van der Waals surface area contributed by atoms with E-state index in [2.05, 4.69) is 0 Å². The molecular formula is C25H30N2O7. The summed E-state index contributed by atoms with van der Waals surface area (Å²) in [6, 6.07) is 14.4. The Morgan fingerprint density at radius 2 is 1.82 bits per heavy atom. The number of amides is 1. The third-order valence-corrected chi connectivity index (χ3v) is 5.31. The van der Waals surface area contributed by atoms with Crippen molar-refractivity contribution >= 4 is 17.8 Å². The van der Waals surface area contributed by atoms with Crippen molar-refractivity contribution in [3.8, 4) is 5.75 Å². The van der Waals surface area contributed by atoms with Gasteiger partial charge in [-0.25, -0.2) is 19.6 Å². The summed E-state index contributed by atoms with van der Waals surface area (Å²) in [7, 11) is 2.95. The minimum atomic E-state index is -0.474. The van der Waals surface area contributed by atoms with Crippen LogP contribution < -0.4 is 4.74 Å². The normalized spacial score (nSPS) is 13.9. The van der Waals surface area contributed by atoms with Gasteiger partial charge in [0.2, 0.25) is 0 Å². The quantitative estimate of drug-likeness (QED) is 0.437. The highest BCUT2D eigenvalue weighted by Crippen LogP contribution is 2.15. The highest BCUT2D eigenvalue weighted by atomic mass is 16.6. The van der Waals surface area contributed by atoms with Gasteiger partial charge in [0.05, 0.1) is 32.4 Å².